The van der Waals surface area contributed by atoms with Gasteiger partial charge >= 0.3 is 0 Å². The molecule has 1 aromatic rings. The Morgan fingerprint density at radius 1 is 1.17 bits per heavy atom. The monoisotopic (exact) mass is 246 g/mol. The summed E-state index contributed by atoms with van der Waals surface area (Å²) in [4.78, 5) is 2.61. The average Bonchev–Trinajstić information content (AvgIpc) is 2.63. The Morgan fingerprint density at radius 3 is 2.56 bits per heavy atom. The molecule has 0 aliphatic carbocycles. The van der Waals surface area contributed by atoms with Crippen molar-refractivity contribution >= 4 is 0 Å². The highest BCUT2D eigenvalue weighted by molar-refractivity contribution is 5.14. The van der Waals surface area contributed by atoms with E-state index in [9.17, 15) is 0 Å². The summed E-state index contributed by atoms with van der Waals surface area (Å²) in [5.41, 5.74) is 1.76. The van der Waals surface area contributed by atoms with Gasteiger partial charge in [-0.1, -0.05) is 44.2 Å². The first kappa shape index (κ1) is 13.6. The van der Waals surface area contributed by atoms with Gasteiger partial charge < -0.3 is 5.32 Å². The molecule has 0 radical (unpaired) electrons. The fourth-order valence-corrected chi connectivity index (χ4v) is 2.92. The second kappa shape index (κ2) is 6.35. The molecule has 1 aliphatic rings. The summed E-state index contributed by atoms with van der Waals surface area (Å²) < 4.78 is 0. The second-order valence-corrected chi connectivity index (χ2v) is 5.46. The van der Waals surface area contributed by atoms with E-state index in [2.05, 4.69) is 54.4 Å². The summed E-state index contributed by atoms with van der Waals surface area (Å²) in [6.45, 7) is 9.25. The summed E-state index contributed by atoms with van der Waals surface area (Å²) in [6, 6.07) is 10.8. The van der Waals surface area contributed by atoms with Crippen LogP contribution in [0.1, 0.15) is 38.7 Å². The van der Waals surface area contributed by atoms with Crippen LogP contribution in [0.3, 0.4) is 0 Å². The van der Waals surface area contributed by atoms with Crippen LogP contribution in [0.2, 0.25) is 0 Å². The highest BCUT2D eigenvalue weighted by Gasteiger charge is 2.29. The standard InChI is InChI=1S/C16H26N2/c1-3-16(4-2)14-18(12-8-11-17-16)13-15-9-6-5-7-10-15/h5-7,9-10,17H,3-4,8,11-14H2,1-2H3. The molecule has 1 aromatic carbocycles. The summed E-state index contributed by atoms with van der Waals surface area (Å²) >= 11 is 0. The highest BCUT2D eigenvalue weighted by Crippen LogP contribution is 2.21. The number of hydrogen-bond acceptors (Lipinski definition) is 2. The van der Waals surface area contributed by atoms with E-state index in [0.29, 0.717) is 5.54 Å². The lowest BCUT2D eigenvalue weighted by Gasteiger charge is -2.35. The Balaban J connectivity index is 2.03. The smallest absolute Gasteiger partial charge is 0.0303 e. The van der Waals surface area contributed by atoms with Gasteiger partial charge in [0.2, 0.25) is 0 Å². The first-order chi connectivity index (χ1) is 8.78. The third-order valence-electron chi connectivity index (χ3n) is 4.28. The molecule has 0 saturated carbocycles. The number of nitrogens with one attached hydrogen (secondary N) is 1. The molecule has 0 bridgehead atoms. The number of rotatable bonds is 4. The Hall–Kier alpha value is -0.860. The van der Waals surface area contributed by atoms with Crippen LogP contribution < -0.4 is 5.32 Å². The molecule has 100 valence electrons. The maximum Gasteiger partial charge on any atom is 0.0303 e. The third kappa shape index (κ3) is 3.33. The normalized spacial score (nSPS) is 20.6. The van der Waals surface area contributed by atoms with Crippen molar-refractivity contribution in [3.05, 3.63) is 35.9 Å². The average molecular weight is 246 g/mol. The minimum absolute atomic E-state index is 0.325. The molecular formula is C16H26N2. The van der Waals surface area contributed by atoms with Crippen molar-refractivity contribution in [1.82, 2.24) is 10.2 Å². The molecule has 18 heavy (non-hydrogen) atoms. The molecule has 1 saturated heterocycles. The largest absolute Gasteiger partial charge is 0.310 e. The highest BCUT2D eigenvalue weighted by atomic mass is 15.2. The van der Waals surface area contributed by atoms with Crippen LogP contribution in [0.25, 0.3) is 0 Å². The first-order valence-corrected chi connectivity index (χ1v) is 7.29. The molecule has 0 spiro atoms. The van der Waals surface area contributed by atoms with E-state index in [0.717, 1.165) is 13.1 Å². The number of benzene rings is 1. The first-order valence-electron chi connectivity index (χ1n) is 7.29. The van der Waals surface area contributed by atoms with E-state index in [-0.39, 0.29) is 0 Å². The van der Waals surface area contributed by atoms with Gasteiger partial charge in [-0.3, -0.25) is 4.90 Å². The number of hydrogen-bond donors (Lipinski definition) is 1. The predicted molar refractivity (Wildman–Crippen MR) is 77.7 cm³/mol. The van der Waals surface area contributed by atoms with Gasteiger partial charge in [0.15, 0.2) is 0 Å². The SMILES string of the molecule is CCC1(CC)CN(Cc2ccccc2)CCCN1. The van der Waals surface area contributed by atoms with Crippen molar-refractivity contribution < 1.29 is 0 Å². The summed E-state index contributed by atoms with van der Waals surface area (Å²) in [7, 11) is 0. The van der Waals surface area contributed by atoms with E-state index in [1.165, 1.54) is 37.9 Å². The van der Waals surface area contributed by atoms with Crippen LogP contribution in [0.4, 0.5) is 0 Å². The van der Waals surface area contributed by atoms with E-state index in [1.54, 1.807) is 0 Å². The van der Waals surface area contributed by atoms with Crippen molar-refractivity contribution in [3.8, 4) is 0 Å². The van der Waals surface area contributed by atoms with Gasteiger partial charge in [-0.15, -0.1) is 0 Å². The van der Waals surface area contributed by atoms with E-state index < -0.39 is 0 Å². The fraction of sp³-hybridized carbons (Fsp3) is 0.625. The topological polar surface area (TPSA) is 15.3 Å². The minimum atomic E-state index is 0.325. The lowest BCUT2D eigenvalue weighted by Crippen LogP contribution is -2.50. The third-order valence-corrected chi connectivity index (χ3v) is 4.28. The predicted octanol–water partition coefficient (Wildman–Crippen LogP) is 3.04. The molecule has 2 heteroatoms. The molecule has 1 aliphatic heterocycles. The van der Waals surface area contributed by atoms with Crippen LogP contribution in [0, 0.1) is 0 Å². The van der Waals surface area contributed by atoms with Gasteiger partial charge in [-0.25, -0.2) is 0 Å². The molecule has 1 fully saturated rings. The molecule has 0 atom stereocenters. The quantitative estimate of drug-likeness (QED) is 0.878. The Labute approximate surface area is 111 Å². The molecular weight excluding hydrogens is 220 g/mol. The van der Waals surface area contributed by atoms with Crippen molar-refractivity contribution in [2.75, 3.05) is 19.6 Å². The molecule has 1 N–H and O–H groups in total. The lowest BCUT2D eigenvalue weighted by molar-refractivity contribution is 0.191. The maximum atomic E-state index is 3.77. The lowest BCUT2D eigenvalue weighted by atomic mass is 9.92. The molecule has 0 unspecified atom stereocenters. The zero-order valence-corrected chi connectivity index (χ0v) is 11.8. The molecule has 2 nitrogen and oxygen atoms in total. The van der Waals surface area contributed by atoms with Gasteiger partial charge in [-0.2, -0.15) is 0 Å². The Kier molecular flexibility index (Phi) is 4.79. The Morgan fingerprint density at radius 2 is 1.89 bits per heavy atom. The van der Waals surface area contributed by atoms with E-state index in [4.69, 9.17) is 0 Å². The number of nitrogens with zero attached hydrogens (tertiary/aromatic N) is 1. The van der Waals surface area contributed by atoms with Crippen LogP contribution in [-0.2, 0) is 6.54 Å². The summed E-state index contributed by atoms with van der Waals surface area (Å²) in [5.74, 6) is 0. The summed E-state index contributed by atoms with van der Waals surface area (Å²) in [6.07, 6.45) is 3.69. The van der Waals surface area contributed by atoms with Gasteiger partial charge in [0.1, 0.15) is 0 Å². The van der Waals surface area contributed by atoms with E-state index >= 15 is 0 Å². The maximum absolute atomic E-state index is 3.77. The van der Waals surface area contributed by atoms with Crippen LogP contribution >= 0.6 is 0 Å². The molecule has 0 amide bonds. The van der Waals surface area contributed by atoms with Crippen molar-refractivity contribution in [3.63, 3.8) is 0 Å². The van der Waals surface area contributed by atoms with Crippen molar-refractivity contribution in [1.29, 1.82) is 0 Å². The van der Waals surface area contributed by atoms with Gasteiger partial charge in [0.05, 0.1) is 0 Å². The van der Waals surface area contributed by atoms with Crippen LogP contribution in [0.15, 0.2) is 30.3 Å². The second-order valence-electron chi connectivity index (χ2n) is 5.46. The van der Waals surface area contributed by atoms with Gasteiger partial charge in [0, 0.05) is 18.6 Å². The van der Waals surface area contributed by atoms with Crippen LogP contribution in [0.5, 0.6) is 0 Å². The van der Waals surface area contributed by atoms with Crippen LogP contribution in [-0.4, -0.2) is 30.1 Å². The molecule has 0 aromatic heterocycles. The Bertz CT molecular complexity index is 343. The molecule has 2 rings (SSSR count). The zero-order valence-electron chi connectivity index (χ0n) is 11.8. The molecule has 1 heterocycles. The van der Waals surface area contributed by atoms with Crippen molar-refractivity contribution in [2.45, 2.75) is 45.2 Å². The summed E-state index contributed by atoms with van der Waals surface area (Å²) in [5, 5.41) is 3.77. The van der Waals surface area contributed by atoms with E-state index in [1.807, 2.05) is 0 Å². The minimum Gasteiger partial charge on any atom is -0.310 e. The van der Waals surface area contributed by atoms with Gasteiger partial charge in [0.25, 0.3) is 0 Å². The fourth-order valence-electron chi connectivity index (χ4n) is 2.92. The van der Waals surface area contributed by atoms with Gasteiger partial charge in [-0.05, 0) is 37.9 Å². The van der Waals surface area contributed by atoms with Crippen molar-refractivity contribution in [2.24, 2.45) is 0 Å². The zero-order chi connectivity index (χ0) is 12.8.